The molecule has 1 aliphatic rings. The first-order chi connectivity index (χ1) is 2.80. The minimum absolute atomic E-state index is 0.0902. The van der Waals surface area contributed by atoms with E-state index in [1.54, 1.807) is 0 Å². The second-order valence-electron chi connectivity index (χ2n) is 1.81. The zero-order valence-corrected chi connectivity index (χ0v) is 6.89. The van der Waals surface area contributed by atoms with Gasteiger partial charge in [-0.25, -0.2) is 0 Å². The zero-order valence-electron chi connectivity index (χ0n) is 3.59. The molecule has 0 aromatic heterocycles. The van der Waals surface area contributed by atoms with Gasteiger partial charge in [0.25, 0.3) is 0 Å². The van der Waals surface area contributed by atoms with Crippen LogP contribution in [0.25, 0.3) is 0 Å². The van der Waals surface area contributed by atoms with Crippen molar-refractivity contribution in [2.24, 2.45) is 0 Å². The molecule has 1 fully saturated rings. The third kappa shape index (κ3) is 0.706. The first-order valence-electron chi connectivity index (χ1n) is 2.24. The molecule has 0 aliphatic heterocycles. The van der Waals surface area contributed by atoms with Crippen LogP contribution in [0, 0.1) is 0 Å². The molecule has 0 bridgehead atoms. The van der Waals surface area contributed by atoms with Crippen molar-refractivity contribution in [3.63, 3.8) is 0 Å². The van der Waals surface area contributed by atoms with Gasteiger partial charge in [0.15, 0.2) is 0 Å². The van der Waals surface area contributed by atoms with Gasteiger partial charge < -0.3 is 0 Å². The summed E-state index contributed by atoms with van der Waals surface area (Å²) < 4.78 is 0.718. The Kier molecular flexibility index (Phi) is 1.39. The van der Waals surface area contributed by atoms with Crippen molar-refractivity contribution in [3.05, 3.63) is 0 Å². The third-order valence-electron chi connectivity index (χ3n) is 1.29. The van der Waals surface area contributed by atoms with E-state index in [4.69, 9.17) is 5.11 Å². The van der Waals surface area contributed by atoms with Gasteiger partial charge >= 0.3 is 50.5 Å². The van der Waals surface area contributed by atoms with Crippen LogP contribution in [0.3, 0.4) is 0 Å². The predicted molar refractivity (Wildman–Crippen MR) is 26.1 cm³/mol. The average molecular weight is 191 g/mol. The van der Waals surface area contributed by atoms with Gasteiger partial charge in [-0.1, -0.05) is 0 Å². The summed E-state index contributed by atoms with van der Waals surface area (Å²) in [6.45, 7) is 0. The molecule has 1 N–H and O–H groups in total. The van der Waals surface area contributed by atoms with Gasteiger partial charge in [-0.3, -0.25) is 0 Å². The summed E-state index contributed by atoms with van der Waals surface area (Å²) in [5.41, 5.74) is 0. The van der Waals surface area contributed by atoms with E-state index in [9.17, 15) is 0 Å². The van der Waals surface area contributed by atoms with E-state index < -0.39 is 0 Å². The maximum atomic E-state index is 8.75. The number of rotatable bonds is 0. The molecule has 2 heteroatoms. The Morgan fingerprint density at radius 1 is 1.50 bits per heavy atom. The molecule has 34 valence electrons. The summed E-state index contributed by atoms with van der Waals surface area (Å²) in [6.07, 6.45) is 2.43. The van der Waals surface area contributed by atoms with Crippen molar-refractivity contribution in [2.45, 2.75) is 22.9 Å². The Labute approximate surface area is 50.8 Å². The zero-order chi connectivity index (χ0) is 4.57. The van der Waals surface area contributed by atoms with Crippen molar-refractivity contribution in [3.8, 4) is 0 Å². The predicted octanol–water partition coefficient (Wildman–Crippen LogP) is -0.170. The van der Waals surface area contributed by atoms with Crippen molar-refractivity contribution in [1.29, 1.82) is 0 Å². The molecule has 1 rings (SSSR count). The van der Waals surface area contributed by atoms with Crippen LogP contribution >= 0.6 is 0 Å². The van der Waals surface area contributed by atoms with Gasteiger partial charge in [0.05, 0.1) is 0 Å². The standard InChI is InChI=1S/C4H7O.Sn.H/c5-4-2-1-3-4;;/h2,4-5H,1,3H2;;. The van der Waals surface area contributed by atoms with Gasteiger partial charge in [-0.15, -0.1) is 0 Å². The van der Waals surface area contributed by atoms with E-state index in [-0.39, 0.29) is 6.10 Å². The van der Waals surface area contributed by atoms with E-state index in [0.717, 1.165) is 10.4 Å². The van der Waals surface area contributed by atoms with E-state index in [2.05, 4.69) is 0 Å². The molecule has 1 saturated carbocycles. The second-order valence-corrected chi connectivity index (χ2v) is 4.25. The van der Waals surface area contributed by atoms with Crippen molar-refractivity contribution in [1.82, 2.24) is 0 Å². The number of aliphatic hydroxyl groups excluding tert-OH is 1. The SMILES string of the molecule is OC1CC[CH]1[SnH]. The molecule has 6 heavy (non-hydrogen) atoms. The Balaban J connectivity index is 2.20. The molecule has 0 spiro atoms. The summed E-state index contributed by atoms with van der Waals surface area (Å²) in [7, 11) is 0. The molecular weight excluding hydrogens is 183 g/mol. The van der Waals surface area contributed by atoms with Crippen LogP contribution in [0.15, 0.2) is 0 Å². The van der Waals surface area contributed by atoms with Gasteiger partial charge in [0.2, 0.25) is 0 Å². The van der Waals surface area contributed by atoms with E-state index in [1.165, 1.54) is 28.9 Å². The fraction of sp³-hybridized carbons (Fsp3) is 1.00. The fourth-order valence-corrected chi connectivity index (χ4v) is 1.61. The van der Waals surface area contributed by atoms with Crippen LogP contribution < -0.4 is 0 Å². The van der Waals surface area contributed by atoms with Gasteiger partial charge in [-0.2, -0.15) is 0 Å². The first kappa shape index (κ1) is 4.91. The first-order valence-corrected chi connectivity index (χ1v) is 4.14. The molecule has 0 heterocycles. The Morgan fingerprint density at radius 3 is 2.00 bits per heavy atom. The number of hydrogen-bond donors (Lipinski definition) is 1. The summed E-state index contributed by atoms with van der Waals surface area (Å²) in [5.74, 6) is 0. The van der Waals surface area contributed by atoms with Crippen LogP contribution in [0.2, 0.25) is 3.93 Å². The van der Waals surface area contributed by atoms with Crippen molar-refractivity contribution >= 4 is 22.5 Å². The van der Waals surface area contributed by atoms with E-state index >= 15 is 0 Å². The minimum atomic E-state index is 0.0902. The molecule has 1 aliphatic carbocycles. The maximum absolute atomic E-state index is 8.75. The fourth-order valence-electron chi connectivity index (χ4n) is 0.508. The van der Waals surface area contributed by atoms with Crippen LogP contribution in [0.4, 0.5) is 0 Å². The van der Waals surface area contributed by atoms with Gasteiger partial charge in [0.1, 0.15) is 0 Å². The van der Waals surface area contributed by atoms with Crippen LogP contribution in [0.1, 0.15) is 12.8 Å². The third-order valence-corrected chi connectivity index (χ3v) is 3.51. The second kappa shape index (κ2) is 1.70. The Morgan fingerprint density at radius 2 is 2.00 bits per heavy atom. The van der Waals surface area contributed by atoms with E-state index in [0.29, 0.717) is 0 Å². The molecule has 2 atom stereocenters. The van der Waals surface area contributed by atoms with E-state index in [1.807, 2.05) is 0 Å². The van der Waals surface area contributed by atoms with Crippen molar-refractivity contribution in [2.75, 3.05) is 0 Å². The monoisotopic (exact) mass is 192 g/mol. The Bertz CT molecular complexity index is 47.5. The van der Waals surface area contributed by atoms with Crippen LogP contribution in [-0.2, 0) is 0 Å². The van der Waals surface area contributed by atoms with Crippen LogP contribution in [-0.4, -0.2) is 33.7 Å². The van der Waals surface area contributed by atoms with Gasteiger partial charge in [-0.05, 0) is 0 Å². The number of hydrogen-bond acceptors (Lipinski definition) is 1. The normalized spacial score (nSPS) is 45.0. The molecule has 2 unspecified atom stereocenters. The molecule has 1 nitrogen and oxygen atoms in total. The molecule has 0 aromatic rings. The van der Waals surface area contributed by atoms with Crippen molar-refractivity contribution < 1.29 is 5.11 Å². The molecular formula is C4H8OSn. The molecule has 0 amide bonds. The van der Waals surface area contributed by atoms with Gasteiger partial charge in [0, 0.05) is 0 Å². The molecule has 0 saturated heterocycles. The summed E-state index contributed by atoms with van der Waals surface area (Å²) in [6, 6.07) is 0. The topological polar surface area (TPSA) is 20.2 Å². The summed E-state index contributed by atoms with van der Waals surface area (Å²) >= 11 is 1.25. The number of aliphatic hydroxyl groups is 1. The average Bonchev–Trinajstić information content (AvgIpc) is 1.61. The molecule has 0 aromatic carbocycles. The summed E-state index contributed by atoms with van der Waals surface area (Å²) in [5, 5.41) is 8.75. The molecule has 2 radical (unpaired) electrons. The summed E-state index contributed by atoms with van der Waals surface area (Å²) in [4.78, 5) is 0. The van der Waals surface area contributed by atoms with Crippen LogP contribution in [0.5, 0.6) is 0 Å². The Hall–Kier alpha value is 0.759. The quantitative estimate of drug-likeness (QED) is 0.527.